The highest BCUT2D eigenvalue weighted by atomic mass is 79.9. The van der Waals surface area contributed by atoms with Gasteiger partial charge < -0.3 is 4.74 Å². The SMILES string of the molecule is COCc1cc(C)c[c]([Mg][Br])c1. The second-order valence-corrected chi connectivity index (χ2v) is 5.66. The van der Waals surface area contributed by atoms with Crippen molar-refractivity contribution in [2.24, 2.45) is 0 Å². The van der Waals surface area contributed by atoms with E-state index >= 15 is 0 Å². The Hall–Kier alpha value is 0.426. The van der Waals surface area contributed by atoms with Gasteiger partial charge in [0.15, 0.2) is 0 Å². The number of hydrogen-bond donors (Lipinski definition) is 0. The van der Waals surface area contributed by atoms with E-state index in [1.807, 2.05) is 0 Å². The zero-order valence-corrected chi connectivity index (χ0v) is 10.4. The van der Waals surface area contributed by atoms with Crippen LogP contribution in [0.15, 0.2) is 18.2 Å². The first-order valence-corrected chi connectivity index (χ1v) is 8.51. The molecule has 0 unspecified atom stereocenters. The van der Waals surface area contributed by atoms with E-state index in [9.17, 15) is 0 Å². The van der Waals surface area contributed by atoms with Gasteiger partial charge in [0.25, 0.3) is 0 Å². The minimum Gasteiger partial charge on any atom is -0.380 e. The summed E-state index contributed by atoms with van der Waals surface area (Å²) in [6, 6.07) is 6.63. The monoisotopic (exact) mass is 238 g/mol. The van der Waals surface area contributed by atoms with Crippen LogP contribution in [0.4, 0.5) is 0 Å². The summed E-state index contributed by atoms with van der Waals surface area (Å²) in [5.74, 6) is 0. The van der Waals surface area contributed by atoms with Gasteiger partial charge in [-0.3, -0.25) is 12.9 Å². The average Bonchev–Trinajstić information content (AvgIpc) is 2.04. The van der Waals surface area contributed by atoms with E-state index in [-0.39, 0.29) is 18.2 Å². The molecule has 0 atom stereocenters. The number of hydrogen-bond acceptors (Lipinski definition) is 1. The van der Waals surface area contributed by atoms with Gasteiger partial charge in [0.05, 0.1) is 6.61 Å². The Kier molecular flexibility index (Phi) is 4.57. The zero-order valence-electron chi connectivity index (χ0n) is 7.43. The highest BCUT2D eigenvalue weighted by molar-refractivity contribution is 9.23. The van der Waals surface area contributed by atoms with E-state index < -0.39 is 0 Å². The van der Waals surface area contributed by atoms with Crippen molar-refractivity contribution in [1.29, 1.82) is 0 Å². The molecule has 0 aliphatic heterocycles. The molecule has 0 N–H and O–H groups in total. The summed E-state index contributed by atoms with van der Waals surface area (Å²) in [7, 11) is 1.73. The number of benzene rings is 1. The summed E-state index contributed by atoms with van der Waals surface area (Å²) in [4.78, 5) is 0. The Balaban J connectivity index is 2.90. The zero-order chi connectivity index (χ0) is 8.97. The van der Waals surface area contributed by atoms with E-state index in [0.29, 0.717) is 0 Å². The summed E-state index contributed by atoms with van der Waals surface area (Å²) < 4.78 is 6.53. The van der Waals surface area contributed by atoms with Crippen LogP contribution < -0.4 is 3.69 Å². The fraction of sp³-hybridized carbons (Fsp3) is 0.333. The lowest BCUT2D eigenvalue weighted by Crippen LogP contribution is -2.10. The maximum atomic E-state index is 5.08. The van der Waals surface area contributed by atoms with Crippen LogP contribution in [0.25, 0.3) is 0 Å². The number of halogens is 1. The van der Waals surface area contributed by atoms with Crippen LogP contribution >= 0.6 is 12.9 Å². The molecule has 0 bridgehead atoms. The largest absolute Gasteiger partial charge is 0.506 e. The van der Waals surface area contributed by atoms with E-state index in [1.54, 1.807) is 7.11 Å². The molecule has 0 aromatic heterocycles. The Morgan fingerprint density at radius 1 is 1.42 bits per heavy atom. The van der Waals surface area contributed by atoms with Crippen molar-refractivity contribution >= 4 is 34.8 Å². The minimum absolute atomic E-state index is 0.212. The molecule has 0 amide bonds. The van der Waals surface area contributed by atoms with Crippen LogP contribution in [0.3, 0.4) is 0 Å². The number of methoxy groups -OCH3 is 1. The minimum atomic E-state index is -0.212. The summed E-state index contributed by atoms with van der Waals surface area (Å²) in [6.45, 7) is 2.84. The smallest absolute Gasteiger partial charge is 0.380 e. The molecule has 0 saturated heterocycles. The molecule has 1 rings (SSSR count). The lowest BCUT2D eigenvalue weighted by Gasteiger charge is -2.04. The maximum Gasteiger partial charge on any atom is 0.506 e. The molecule has 0 fully saturated rings. The summed E-state index contributed by atoms with van der Waals surface area (Å²) in [6.07, 6.45) is 0. The Bertz CT molecular complexity index is 263. The lowest BCUT2D eigenvalue weighted by atomic mass is 10.1. The molecular weight excluding hydrogens is 228 g/mol. The number of ether oxygens (including phenoxy) is 1. The molecular formula is C9H11BrMgO. The first-order valence-electron chi connectivity index (χ1n) is 3.90. The van der Waals surface area contributed by atoms with Gasteiger partial charge in [0.1, 0.15) is 0 Å². The van der Waals surface area contributed by atoms with Gasteiger partial charge >= 0.3 is 18.2 Å². The molecule has 1 aromatic rings. The molecule has 1 aromatic carbocycles. The normalized spacial score (nSPS) is 9.58. The Morgan fingerprint density at radius 3 is 2.75 bits per heavy atom. The Labute approximate surface area is 89.1 Å². The van der Waals surface area contributed by atoms with Crippen LogP contribution in [0, 0.1) is 6.92 Å². The predicted molar refractivity (Wildman–Crippen MR) is 56.2 cm³/mol. The first-order chi connectivity index (χ1) is 5.76. The van der Waals surface area contributed by atoms with E-state index in [0.717, 1.165) is 6.61 Å². The molecule has 0 saturated carbocycles. The first kappa shape index (κ1) is 10.5. The summed E-state index contributed by atoms with van der Waals surface area (Å²) in [5.41, 5.74) is 2.60. The quantitative estimate of drug-likeness (QED) is 0.731. The highest BCUT2D eigenvalue weighted by Crippen LogP contribution is 2.03. The van der Waals surface area contributed by atoms with Gasteiger partial charge in [-0.15, -0.1) is 0 Å². The molecule has 12 heavy (non-hydrogen) atoms. The number of aryl methyl sites for hydroxylation is 1. The topological polar surface area (TPSA) is 9.23 Å². The van der Waals surface area contributed by atoms with Crippen molar-refractivity contribution in [1.82, 2.24) is 0 Å². The van der Waals surface area contributed by atoms with Gasteiger partial charge in [0, 0.05) is 7.11 Å². The van der Waals surface area contributed by atoms with Gasteiger partial charge in [-0.25, -0.2) is 0 Å². The van der Waals surface area contributed by atoms with Gasteiger partial charge in [-0.2, -0.15) is 3.69 Å². The van der Waals surface area contributed by atoms with Crippen molar-refractivity contribution in [2.45, 2.75) is 13.5 Å². The molecule has 0 aliphatic rings. The number of rotatable bonds is 3. The second kappa shape index (κ2) is 5.22. The average molecular weight is 239 g/mol. The van der Waals surface area contributed by atoms with Crippen molar-refractivity contribution < 1.29 is 4.74 Å². The summed E-state index contributed by atoms with van der Waals surface area (Å²) >= 11 is 3.36. The molecule has 0 heterocycles. The predicted octanol–water partition coefficient (Wildman–Crippen LogP) is 1.78. The van der Waals surface area contributed by atoms with Crippen LogP contribution in [0.2, 0.25) is 0 Å². The fourth-order valence-electron chi connectivity index (χ4n) is 1.28. The fourth-order valence-corrected chi connectivity index (χ4v) is 2.98. The van der Waals surface area contributed by atoms with Crippen molar-refractivity contribution in [2.75, 3.05) is 7.11 Å². The third kappa shape index (κ3) is 3.05. The van der Waals surface area contributed by atoms with Crippen molar-refractivity contribution in [3.63, 3.8) is 0 Å². The van der Waals surface area contributed by atoms with Gasteiger partial charge in [-0.1, -0.05) is 23.8 Å². The molecule has 0 aliphatic carbocycles. The Morgan fingerprint density at radius 2 is 2.17 bits per heavy atom. The molecule has 62 valence electrons. The second-order valence-electron chi connectivity index (χ2n) is 2.89. The standard InChI is InChI=1S/C9H11O.BrH.Mg/c1-8-4-3-5-9(6-8)7-10-2;;/h4-6H,7H2,1-2H3;1H;/q;;+1/p-1. The van der Waals surface area contributed by atoms with E-state index in [1.165, 1.54) is 14.8 Å². The van der Waals surface area contributed by atoms with Crippen LogP contribution in [0.1, 0.15) is 11.1 Å². The molecule has 1 nitrogen and oxygen atoms in total. The van der Waals surface area contributed by atoms with Gasteiger partial charge in [0.2, 0.25) is 0 Å². The van der Waals surface area contributed by atoms with Crippen molar-refractivity contribution in [3.8, 4) is 0 Å². The van der Waals surface area contributed by atoms with E-state index in [2.05, 4.69) is 38.0 Å². The molecule has 0 spiro atoms. The third-order valence-electron chi connectivity index (χ3n) is 1.66. The third-order valence-corrected chi connectivity index (χ3v) is 4.32. The van der Waals surface area contributed by atoms with Crippen LogP contribution in [0.5, 0.6) is 0 Å². The molecule has 0 radical (unpaired) electrons. The molecule has 3 heteroatoms. The van der Waals surface area contributed by atoms with Crippen LogP contribution in [-0.4, -0.2) is 25.3 Å². The highest BCUT2D eigenvalue weighted by Gasteiger charge is 1.99. The van der Waals surface area contributed by atoms with Crippen molar-refractivity contribution in [3.05, 3.63) is 29.3 Å². The maximum absolute atomic E-state index is 5.08. The summed E-state index contributed by atoms with van der Waals surface area (Å²) in [5, 5.41) is 0. The lowest BCUT2D eigenvalue weighted by molar-refractivity contribution is 0.185. The van der Waals surface area contributed by atoms with Gasteiger partial charge in [-0.05, 0) is 12.5 Å². The van der Waals surface area contributed by atoms with Crippen LogP contribution in [-0.2, 0) is 11.3 Å². The van der Waals surface area contributed by atoms with E-state index in [4.69, 9.17) is 4.74 Å².